The lowest BCUT2D eigenvalue weighted by Crippen LogP contribution is -2.22. The Morgan fingerprint density at radius 3 is 2.58 bits per heavy atom. The molecule has 1 aliphatic rings. The van der Waals surface area contributed by atoms with Crippen molar-refractivity contribution in [3.8, 4) is 22.8 Å². The summed E-state index contributed by atoms with van der Waals surface area (Å²) < 4.78 is 25.5. The highest BCUT2D eigenvalue weighted by Gasteiger charge is 2.29. The number of hydrogen-bond acceptors (Lipinski definition) is 7. The van der Waals surface area contributed by atoms with Crippen LogP contribution in [0, 0.1) is 12.8 Å². The number of benzene rings is 1. The van der Waals surface area contributed by atoms with Gasteiger partial charge in [0, 0.05) is 20.4 Å². The topological polar surface area (TPSA) is 84.7 Å². The van der Waals surface area contributed by atoms with Gasteiger partial charge in [-0.1, -0.05) is 25.7 Å². The summed E-state index contributed by atoms with van der Waals surface area (Å²) >= 11 is 0. The van der Waals surface area contributed by atoms with Crippen molar-refractivity contribution in [2.75, 3.05) is 26.9 Å². The summed E-state index contributed by atoms with van der Waals surface area (Å²) in [7, 11) is 0.386. The minimum absolute atomic E-state index is 0.278. The fraction of sp³-hybridized carbons (Fsp3) is 0.519. The van der Waals surface area contributed by atoms with E-state index in [1.54, 1.807) is 14.0 Å². The molecule has 2 heterocycles. The van der Waals surface area contributed by atoms with Gasteiger partial charge in [0.2, 0.25) is 0 Å². The van der Waals surface area contributed by atoms with Crippen LogP contribution in [-0.2, 0) is 16.2 Å². The molecule has 3 aromatic rings. The molecular formula is C27H37N3O5Si. The normalized spacial score (nSPS) is 13.7. The third kappa shape index (κ3) is 5.73. The first-order chi connectivity index (χ1) is 17.2. The van der Waals surface area contributed by atoms with Gasteiger partial charge < -0.3 is 23.5 Å². The Morgan fingerprint density at radius 2 is 1.92 bits per heavy atom. The van der Waals surface area contributed by atoms with Crippen molar-refractivity contribution in [2.24, 2.45) is 5.92 Å². The lowest BCUT2D eigenvalue weighted by atomic mass is 10.1. The van der Waals surface area contributed by atoms with Crippen LogP contribution in [0.4, 0.5) is 0 Å². The molecule has 4 rings (SSSR count). The Hall–Kier alpha value is -2.91. The second kappa shape index (κ2) is 11.0. The molecule has 0 atom stereocenters. The first-order valence-corrected chi connectivity index (χ1v) is 16.3. The number of fused-ring (bicyclic) bond motifs is 1. The van der Waals surface area contributed by atoms with E-state index in [-0.39, 0.29) is 13.3 Å². The lowest BCUT2D eigenvalue weighted by molar-refractivity contribution is 0.0525. The van der Waals surface area contributed by atoms with Crippen molar-refractivity contribution in [3.63, 3.8) is 0 Å². The summed E-state index contributed by atoms with van der Waals surface area (Å²) in [6.45, 7) is 12.5. The van der Waals surface area contributed by atoms with Gasteiger partial charge in [0.05, 0.1) is 31.4 Å². The maximum atomic E-state index is 13.0. The van der Waals surface area contributed by atoms with Gasteiger partial charge in [-0.25, -0.2) is 14.8 Å². The number of carbonyl (C=O) groups excluding carboxylic acids is 1. The second-order valence-corrected chi connectivity index (χ2v) is 16.1. The summed E-state index contributed by atoms with van der Waals surface area (Å²) in [4.78, 5) is 22.2. The SMILES string of the molecule is CCOC(=O)c1c(C)n(COCC[Si](C)(C)C)c2c(-c3c(OC)cccc3OCC3CC3)ncnc12. The average molecular weight is 512 g/mol. The van der Waals surface area contributed by atoms with Crippen LogP contribution in [0.5, 0.6) is 11.5 Å². The minimum atomic E-state index is -1.25. The summed E-state index contributed by atoms with van der Waals surface area (Å²) in [5.41, 5.74) is 3.77. The zero-order valence-electron chi connectivity index (χ0n) is 22.2. The van der Waals surface area contributed by atoms with E-state index in [1.807, 2.05) is 29.7 Å². The van der Waals surface area contributed by atoms with Gasteiger partial charge in [-0.3, -0.25) is 0 Å². The van der Waals surface area contributed by atoms with Crippen LogP contribution in [0.15, 0.2) is 24.5 Å². The van der Waals surface area contributed by atoms with Gasteiger partial charge in [-0.2, -0.15) is 0 Å². The van der Waals surface area contributed by atoms with Gasteiger partial charge >= 0.3 is 5.97 Å². The van der Waals surface area contributed by atoms with Gasteiger partial charge in [-0.05, 0) is 50.8 Å². The monoisotopic (exact) mass is 511 g/mol. The highest BCUT2D eigenvalue weighted by atomic mass is 28.3. The standard InChI is InChI=1S/C27H37N3O5Si/c1-7-34-27(31)22-18(2)30(17-33-13-14-36(4,5)6)26-24(22)28-16-29-25(26)23-20(32-3)9-8-10-21(23)35-15-19-11-12-19/h8-10,16,19H,7,11-15,17H2,1-6H3. The Kier molecular flexibility index (Phi) is 7.99. The molecule has 0 spiro atoms. The molecular weight excluding hydrogens is 474 g/mol. The number of aromatic nitrogens is 3. The Bertz CT molecular complexity index is 1230. The Morgan fingerprint density at radius 1 is 1.17 bits per heavy atom. The molecule has 0 unspecified atom stereocenters. The number of esters is 1. The zero-order valence-corrected chi connectivity index (χ0v) is 23.2. The fourth-order valence-electron chi connectivity index (χ4n) is 4.14. The predicted molar refractivity (Wildman–Crippen MR) is 143 cm³/mol. The van der Waals surface area contributed by atoms with Crippen molar-refractivity contribution in [1.82, 2.24) is 14.5 Å². The van der Waals surface area contributed by atoms with E-state index in [1.165, 1.54) is 19.2 Å². The van der Waals surface area contributed by atoms with Crippen LogP contribution in [0.3, 0.4) is 0 Å². The fourth-order valence-corrected chi connectivity index (χ4v) is 4.90. The van der Waals surface area contributed by atoms with Crippen LogP contribution in [0.25, 0.3) is 22.3 Å². The van der Waals surface area contributed by atoms with E-state index in [4.69, 9.17) is 18.9 Å². The summed E-state index contributed by atoms with van der Waals surface area (Å²) in [5, 5.41) is 0. The first-order valence-electron chi connectivity index (χ1n) is 12.6. The van der Waals surface area contributed by atoms with E-state index in [0.717, 1.165) is 17.3 Å². The molecule has 0 saturated heterocycles. The van der Waals surface area contributed by atoms with E-state index in [2.05, 4.69) is 29.6 Å². The molecule has 1 saturated carbocycles. The van der Waals surface area contributed by atoms with E-state index < -0.39 is 14.0 Å². The highest BCUT2D eigenvalue weighted by molar-refractivity contribution is 6.76. The molecule has 9 heteroatoms. The molecule has 1 aliphatic carbocycles. The molecule has 0 radical (unpaired) electrons. The van der Waals surface area contributed by atoms with Gasteiger partial charge in [-0.15, -0.1) is 0 Å². The number of carbonyl (C=O) groups is 1. The largest absolute Gasteiger partial charge is 0.496 e. The summed E-state index contributed by atoms with van der Waals surface area (Å²) in [5.74, 6) is 1.53. The smallest absolute Gasteiger partial charge is 0.342 e. The second-order valence-electron chi connectivity index (χ2n) is 10.5. The molecule has 1 fully saturated rings. The third-order valence-corrected chi connectivity index (χ3v) is 8.11. The first kappa shape index (κ1) is 26.2. The quantitative estimate of drug-likeness (QED) is 0.175. The molecule has 0 amide bonds. The number of ether oxygens (including phenoxy) is 4. The van der Waals surface area contributed by atoms with E-state index in [0.29, 0.717) is 52.9 Å². The maximum Gasteiger partial charge on any atom is 0.342 e. The molecule has 36 heavy (non-hydrogen) atoms. The van der Waals surface area contributed by atoms with E-state index in [9.17, 15) is 4.79 Å². The van der Waals surface area contributed by atoms with Crippen molar-refractivity contribution >= 4 is 25.1 Å². The van der Waals surface area contributed by atoms with Crippen LogP contribution in [0.2, 0.25) is 25.7 Å². The van der Waals surface area contributed by atoms with Crippen LogP contribution in [-0.4, -0.2) is 55.5 Å². The zero-order chi connectivity index (χ0) is 25.9. The summed E-state index contributed by atoms with van der Waals surface area (Å²) in [6.07, 6.45) is 3.86. The van der Waals surface area contributed by atoms with Crippen molar-refractivity contribution in [2.45, 2.75) is 59.1 Å². The minimum Gasteiger partial charge on any atom is -0.496 e. The highest BCUT2D eigenvalue weighted by Crippen LogP contribution is 2.42. The number of hydrogen-bond donors (Lipinski definition) is 0. The molecule has 8 nitrogen and oxygen atoms in total. The van der Waals surface area contributed by atoms with Gasteiger partial charge in [0.15, 0.2) is 0 Å². The Balaban J connectivity index is 1.85. The van der Waals surface area contributed by atoms with Gasteiger partial charge in [0.1, 0.15) is 41.3 Å². The van der Waals surface area contributed by atoms with Crippen LogP contribution >= 0.6 is 0 Å². The van der Waals surface area contributed by atoms with E-state index >= 15 is 0 Å². The molecule has 1 aromatic carbocycles. The van der Waals surface area contributed by atoms with Gasteiger partial charge in [0.25, 0.3) is 0 Å². The number of methoxy groups -OCH3 is 1. The molecule has 2 aromatic heterocycles. The average Bonchev–Trinajstić information content (AvgIpc) is 3.62. The van der Waals surface area contributed by atoms with Crippen molar-refractivity contribution < 1.29 is 23.7 Å². The molecule has 0 aliphatic heterocycles. The van der Waals surface area contributed by atoms with Crippen LogP contribution < -0.4 is 9.47 Å². The molecule has 0 N–H and O–H groups in total. The number of rotatable bonds is 12. The summed E-state index contributed by atoms with van der Waals surface area (Å²) in [6, 6.07) is 6.79. The van der Waals surface area contributed by atoms with Crippen molar-refractivity contribution in [3.05, 3.63) is 35.8 Å². The molecule has 0 bridgehead atoms. The lowest BCUT2D eigenvalue weighted by Gasteiger charge is -2.18. The Labute approximate surface area is 213 Å². The molecule has 194 valence electrons. The number of nitrogens with zero attached hydrogens (tertiary/aromatic N) is 3. The van der Waals surface area contributed by atoms with Crippen molar-refractivity contribution in [1.29, 1.82) is 0 Å². The predicted octanol–water partition coefficient (Wildman–Crippen LogP) is 5.69. The third-order valence-electron chi connectivity index (χ3n) is 6.41. The maximum absolute atomic E-state index is 13.0. The van der Waals surface area contributed by atoms with Crippen LogP contribution in [0.1, 0.15) is 35.8 Å².